The molecule has 6 nitrogen and oxygen atoms in total. The fourth-order valence-electron chi connectivity index (χ4n) is 2.57. The van der Waals surface area contributed by atoms with Crippen molar-refractivity contribution in [1.82, 2.24) is 20.1 Å². The lowest BCUT2D eigenvalue weighted by molar-refractivity contribution is 0.273. The summed E-state index contributed by atoms with van der Waals surface area (Å²) >= 11 is 0. The van der Waals surface area contributed by atoms with Crippen LogP contribution in [-0.4, -0.2) is 26.2 Å². The summed E-state index contributed by atoms with van der Waals surface area (Å²) in [6.45, 7) is 0. The lowest BCUT2D eigenvalue weighted by Gasteiger charge is -2.27. The molecule has 1 aliphatic carbocycles. The average Bonchev–Trinajstić information content (AvgIpc) is 2.91. The molecule has 0 amide bonds. The number of rotatable bonds is 3. The maximum Gasteiger partial charge on any atom is 0.227 e. The predicted molar refractivity (Wildman–Crippen MR) is 76.2 cm³/mol. The smallest absolute Gasteiger partial charge is 0.227 e. The van der Waals surface area contributed by atoms with E-state index in [0.717, 1.165) is 19.3 Å². The first-order valence-electron chi connectivity index (χ1n) is 6.67. The number of hydrogen-bond donors (Lipinski definition) is 1. The van der Waals surface area contributed by atoms with Crippen LogP contribution in [0.5, 0.6) is 0 Å². The van der Waals surface area contributed by atoms with E-state index in [0.29, 0.717) is 23.3 Å². The molecule has 2 N–H and O–H groups in total. The molecule has 0 aliphatic heterocycles. The van der Waals surface area contributed by atoms with Crippen molar-refractivity contribution in [3.8, 4) is 11.5 Å². The molecule has 2 atom stereocenters. The fraction of sp³-hybridized carbons (Fsp3) is 0.538. The molecule has 2 aromatic heterocycles. The Balaban J connectivity index is 0.00000147. The normalized spacial score (nSPS) is 22.2. The first-order valence-corrected chi connectivity index (χ1v) is 6.67. The number of nitrogens with two attached hydrogens (primary N) is 1. The van der Waals surface area contributed by atoms with Gasteiger partial charge in [0.25, 0.3) is 0 Å². The average molecular weight is 296 g/mol. The summed E-state index contributed by atoms with van der Waals surface area (Å²) in [7, 11) is 0. The Bertz CT molecular complexity index is 533. The monoisotopic (exact) mass is 295 g/mol. The van der Waals surface area contributed by atoms with E-state index in [2.05, 4.69) is 20.1 Å². The van der Waals surface area contributed by atoms with Crippen LogP contribution in [0.25, 0.3) is 11.5 Å². The summed E-state index contributed by atoms with van der Waals surface area (Å²) in [5.41, 5.74) is 6.76. The predicted octanol–water partition coefficient (Wildman–Crippen LogP) is 2.01. The topological polar surface area (TPSA) is 90.7 Å². The highest BCUT2D eigenvalue weighted by molar-refractivity contribution is 5.85. The van der Waals surface area contributed by atoms with Crippen molar-refractivity contribution in [2.24, 2.45) is 11.7 Å². The van der Waals surface area contributed by atoms with Crippen LogP contribution in [0.4, 0.5) is 0 Å². The van der Waals surface area contributed by atoms with E-state index in [-0.39, 0.29) is 18.4 Å². The van der Waals surface area contributed by atoms with Crippen LogP contribution in [0.3, 0.4) is 0 Å². The molecule has 20 heavy (non-hydrogen) atoms. The molecular weight excluding hydrogens is 278 g/mol. The number of hydrogen-bond acceptors (Lipinski definition) is 6. The van der Waals surface area contributed by atoms with Gasteiger partial charge in [-0.3, -0.25) is 4.98 Å². The number of aromatic nitrogens is 4. The highest BCUT2D eigenvalue weighted by Gasteiger charge is 2.24. The third kappa shape index (κ3) is 3.32. The standard InChI is InChI=1S/C13H17N5O.ClH/c14-10-4-2-1-3-9(10)7-12-17-13(18-19-12)11-8-15-5-6-16-11;/h5-6,8-10H,1-4,7,14H2;1H. The van der Waals surface area contributed by atoms with Gasteiger partial charge in [-0.25, -0.2) is 4.98 Å². The van der Waals surface area contributed by atoms with Crippen molar-refractivity contribution in [2.45, 2.75) is 38.1 Å². The molecule has 0 aromatic carbocycles. The van der Waals surface area contributed by atoms with Crippen molar-refractivity contribution in [3.05, 3.63) is 24.5 Å². The number of nitrogens with zero attached hydrogens (tertiary/aromatic N) is 4. The van der Waals surface area contributed by atoms with Crippen molar-refractivity contribution in [1.29, 1.82) is 0 Å². The zero-order valence-electron chi connectivity index (χ0n) is 11.1. The Morgan fingerprint density at radius 1 is 1.25 bits per heavy atom. The van der Waals surface area contributed by atoms with E-state index in [9.17, 15) is 0 Å². The van der Waals surface area contributed by atoms with E-state index in [1.165, 1.54) is 12.8 Å². The van der Waals surface area contributed by atoms with Crippen LogP contribution >= 0.6 is 12.4 Å². The minimum atomic E-state index is 0. The summed E-state index contributed by atoms with van der Waals surface area (Å²) in [4.78, 5) is 12.5. The second-order valence-corrected chi connectivity index (χ2v) is 5.01. The van der Waals surface area contributed by atoms with Crippen LogP contribution < -0.4 is 5.73 Å². The lowest BCUT2D eigenvalue weighted by Crippen LogP contribution is -2.34. The molecule has 1 aliphatic rings. The van der Waals surface area contributed by atoms with Gasteiger partial charge >= 0.3 is 0 Å². The summed E-state index contributed by atoms with van der Waals surface area (Å²) in [6, 6.07) is 0.251. The van der Waals surface area contributed by atoms with Gasteiger partial charge in [0, 0.05) is 24.9 Å². The van der Waals surface area contributed by atoms with E-state index < -0.39 is 0 Å². The van der Waals surface area contributed by atoms with Gasteiger partial charge in [-0.15, -0.1) is 12.4 Å². The Morgan fingerprint density at radius 2 is 2.10 bits per heavy atom. The van der Waals surface area contributed by atoms with E-state index >= 15 is 0 Å². The largest absolute Gasteiger partial charge is 0.339 e. The highest BCUT2D eigenvalue weighted by atomic mass is 35.5. The third-order valence-corrected chi connectivity index (χ3v) is 3.67. The molecular formula is C13H18ClN5O. The maximum absolute atomic E-state index is 6.13. The first kappa shape index (κ1) is 14.9. The lowest BCUT2D eigenvalue weighted by atomic mass is 9.83. The molecule has 2 aromatic rings. The van der Waals surface area contributed by atoms with Crippen molar-refractivity contribution in [3.63, 3.8) is 0 Å². The summed E-state index contributed by atoms with van der Waals surface area (Å²) in [5.74, 6) is 1.58. The molecule has 1 fully saturated rings. The van der Waals surface area contributed by atoms with Gasteiger partial charge in [-0.1, -0.05) is 18.0 Å². The fourth-order valence-corrected chi connectivity index (χ4v) is 2.57. The maximum atomic E-state index is 6.13. The van der Waals surface area contributed by atoms with Gasteiger partial charge in [0.15, 0.2) is 0 Å². The van der Waals surface area contributed by atoms with Crippen molar-refractivity contribution < 1.29 is 4.52 Å². The Morgan fingerprint density at radius 3 is 2.85 bits per heavy atom. The molecule has 1 saturated carbocycles. The molecule has 2 heterocycles. The molecule has 108 valence electrons. The van der Waals surface area contributed by atoms with Crippen molar-refractivity contribution in [2.75, 3.05) is 0 Å². The second-order valence-electron chi connectivity index (χ2n) is 5.01. The molecule has 3 rings (SSSR count). The van der Waals surface area contributed by atoms with Crippen LogP contribution in [0.1, 0.15) is 31.6 Å². The molecule has 0 saturated heterocycles. The first-order chi connectivity index (χ1) is 9.33. The van der Waals surface area contributed by atoms with Gasteiger partial charge < -0.3 is 10.3 Å². The van der Waals surface area contributed by atoms with E-state index in [1.54, 1.807) is 18.6 Å². The van der Waals surface area contributed by atoms with Crippen LogP contribution in [0.15, 0.2) is 23.1 Å². The quantitative estimate of drug-likeness (QED) is 0.931. The SMILES string of the molecule is Cl.NC1CCCCC1Cc1nc(-c2cnccn2)no1. The van der Waals surface area contributed by atoms with E-state index in [4.69, 9.17) is 10.3 Å². The third-order valence-electron chi connectivity index (χ3n) is 3.67. The Hall–Kier alpha value is -1.53. The van der Waals surface area contributed by atoms with Crippen LogP contribution in [0.2, 0.25) is 0 Å². The van der Waals surface area contributed by atoms with Crippen molar-refractivity contribution >= 4 is 12.4 Å². The summed E-state index contributed by atoms with van der Waals surface area (Å²) in [6.07, 6.45) is 10.3. The van der Waals surface area contributed by atoms with Gasteiger partial charge in [-0.2, -0.15) is 4.98 Å². The van der Waals surface area contributed by atoms with Crippen LogP contribution in [0, 0.1) is 5.92 Å². The zero-order valence-corrected chi connectivity index (χ0v) is 11.9. The van der Waals surface area contributed by atoms with Gasteiger partial charge in [-0.05, 0) is 18.8 Å². The van der Waals surface area contributed by atoms with Gasteiger partial charge in [0.1, 0.15) is 5.69 Å². The molecule has 7 heteroatoms. The molecule has 0 spiro atoms. The summed E-state index contributed by atoms with van der Waals surface area (Å²) < 4.78 is 5.29. The molecule has 0 radical (unpaired) electrons. The zero-order chi connectivity index (χ0) is 13.1. The van der Waals surface area contributed by atoms with E-state index in [1.807, 2.05) is 0 Å². The molecule has 2 unspecified atom stereocenters. The Kier molecular flexibility index (Phi) is 5.03. The van der Waals surface area contributed by atoms with Gasteiger partial charge in [0.05, 0.1) is 6.20 Å². The highest BCUT2D eigenvalue weighted by Crippen LogP contribution is 2.26. The Labute approximate surface area is 123 Å². The second kappa shape index (κ2) is 6.76. The number of halogens is 1. The minimum Gasteiger partial charge on any atom is -0.339 e. The minimum absolute atomic E-state index is 0. The van der Waals surface area contributed by atoms with Gasteiger partial charge in [0.2, 0.25) is 11.7 Å². The van der Waals surface area contributed by atoms with Crippen LogP contribution in [-0.2, 0) is 6.42 Å². The molecule has 0 bridgehead atoms. The summed E-state index contributed by atoms with van der Waals surface area (Å²) in [5, 5.41) is 3.95.